The summed E-state index contributed by atoms with van der Waals surface area (Å²) in [7, 11) is -2.28. The first kappa shape index (κ1) is 17.4. The van der Waals surface area contributed by atoms with Crippen LogP contribution >= 0.6 is 0 Å². The third-order valence-corrected chi connectivity index (χ3v) is 4.65. The summed E-state index contributed by atoms with van der Waals surface area (Å²) >= 11 is 0. The number of sulfonamides is 1. The minimum Gasteiger partial charge on any atom is -0.398 e. The van der Waals surface area contributed by atoms with Crippen LogP contribution in [0.4, 0.5) is 5.69 Å². The number of nitrogens with one attached hydrogen (secondary N) is 2. The van der Waals surface area contributed by atoms with Gasteiger partial charge in [-0.1, -0.05) is 6.07 Å². The van der Waals surface area contributed by atoms with Crippen molar-refractivity contribution in [2.45, 2.75) is 18.7 Å². The highest BCUT2D eigenvalue weighted by Gasteiger charge is 2.21. The number of hydrogen-bond acceptors (Lipinski definition) is 5. The lowest BCUT2D eigenvalue weighted by Crippen LogP contribution is -2.38. The Hall–Kier alpha value is -1.64. The first-order valence-electron chi connectivity index (χ1n) is 6.40. The van der Waals surface area contributed by atoms with Crippen LogP contribution in [0.15, 0.2) is 17.0 Å². The van der Waals surface area contributed by atoms with Gasteiger partial charge in [0.05, 0.1) is 18.0 Å². The van der Waals surface area contributed by atoms with E-state index in [1.54, 1.807) is 26.0 Å². The van der Waals surface area contributed by atoms with Gasteiger partial charge in [-0.15, -0.1) is 0 Å². The highest BCUT2D eigenvalue weighted by molar-refractivity contribution is 7.89. The van der Waals surface area contributed by atoms with Crippen LogP contribution in [0.5, 0.6) is 0 Å². The van der Waals surface area contributed by atoms with Gasteiger partial charge >= 0.3 is 0 Å². The number of anilines is 1. The monoisotopic (exact) mass is 315 g/mol. The summed E-state index contributed by atoms with van der Waals surface area (Å²) in [4.78, 5) is 11.6. The smallest absolute Gasteiger partial charge is 0.241 e. The van der Waals surface area contributed by atoms with E-state index < -0.39 is 15.9 Å². The molecule has 0 unspecified atom stereocenters. The molecule has 8 heteroatoms. The molecule has 118 valence electrons. The molecule has 0 spiro atoms. The lowest BCUT2D eigenvalue weighted by molar-refractivity contribution is -0.120. The molecular formula is C13H21N3O4S. The Morgan fingerprint density at radius 1 is 1.33 bits per heavy atom. The zero-order valence-electron chi connectivity index (χ0n) is 12.4. The molecule has 0 aliphatic rings. The molecule has 0 saturated heterocycles. The van der Waals surface area contributed by atoms with Crippen LogP contribution in [0.3, 0.4) is 0 Å². The van der Waals surface area contributed by atoms with E-state index in [2.05, 4.69) is 10.0 Å². The topological polar surface area (TPSA) is 111 Å². The lowest BCUT2D eigenvalue weighted by Gasteiger charge is -2.13. The zero-order chi connectivity index (χ0) is 16.0. The fraction of sp³-hybridized carbons (Fsp3) is 0.462. The molecule has 21 heavy (non-hydrogen) atoms. The molecule has 0 aromatic heterocycles. The number of benzene rings is 1. The molecule has 0 atom stereocenters. The minimum absolute atomic E-state index is 0.118. The molecule has 1 rings (SSSR count). The van der Waals surface area contributed by atoms with Gasteiger partial charge in [0.15, 0.2) is 0 Å². The Balaban J connectivity index is 2.79. The summed E-state index contributed by atoms with van der Waals surface area (Å²) in [5.41, 5.74) is 7.18. The first-order valence-corrected chi connectivity index (χ1v) is 7.89. The summed E-state index contributed by atoms with van der Waals surface area (Å²) in [6.45, 7) is 3.67. The van der Waals surface area contributed by atoms with Crippen molar-refractivity contribution >= 4 is 21.6 Å². The number of hydrogen-bond donors (Lipinski definition) is 3. The number of carbonyl (C=O) groups excluding carboxylic acids is 1. The van der Waals surface area contributed by atoms with E-state index in [1.165, 1.54) is 7.11 Å². The summed E-state index contributed by atoms with van der Waals surface area (Å²) in [6, 6.07) is 3.29. The van der Waals surface area contributed by atoms with Gasteiger partial charge in [-0.2, -0.15) is 0 Å². The largest absolute Gasteiger partial charge is 0.398 e. The Kier molecular flexibility index (Phi) is 6.13. The molecule has 0 heterocycles. The molecule has 1 aromatic carbocycles. The Bertz CT molecular complexity index is 614. The van der Waals surface area contributed by atoms with Crippen LogP contribution in [0.2, 0.25) is 0 Å². The molecule has 7 nitrogen and oxygen atoms in total. The predicted octanol–water partition coefficient (Wildman–Crippen LogP) is -0.0735. The summed E-state index contributed by atoms with van der Waals surface area (Å²) in [5, 5.41) is 2.53. The van der Waals surface area contributed by atoms with Crippen LogP contribution in [-0.4, -0.2) is 41.1 Å². The van der Waals surface area contributed by atoms with Crippen LogP contribution < -0.4 is 15.8 Å². The Morgan fingerprint density at radius 3 is 2.62 bits per heavy atom. The number of carbonyl (C=O) groups is 1. The fourth-order valence-corrected chi connectivity index (χ4v) is 3.32. The maximum Gasteiger partial charge on any atom is 0.241 e. The highest BCUT2D eigenvalue weighted by Crippen LogP contribution is 2.24. The standard InChI is InChI=1S/C13H21N3O4S/c1-9-4-5-11(14)10(2)13(9)21(18,19)16-8-12(17)15-6-7-20-3/h4-5,16H,6-8,14H2,1-3H3,(H,15,17). The molecule has 0 aliphatic carbocycles. The zero-order valence-corrected chi connectivity index (χ0v) is 13.2. The van der Waals surface area contributed by atoms with Crippen molar-refractivity contribution in [3.63, 3.8) is 0 Å². The second-order valence-corrected chi connectivity index (χ2v) is 6.30. The predicted molar refractivity (Wildman–Crippen MR) is 80.4 cm³/mol. The number of nitrogens with two attached hydrogens (primary N) is 1. The molecular weight excluding hydrogens is 294 g/mol. The van der Waals surface area contributed by atoms with Gasteiger partial charge in [-0.25, -0.2) is 13.1 Å². The van der Waals surface area contributed by atoms with Crippen molar-refractivity contribution in [1.82, 2.24) is 10.0 Å². The Morgan fingerprint density at radius 2 is 2.00 bits per heavy atom. The first-order chi connectivity index (χ1) is 9.79. The molecule has 4 N–H and O–H groups in total. The van der Waals surface area contributed by atoms with Gasteiger partial charge < -0.3 is 15.8 Å². The highest BCUT2D eigenvalue weighted by atomic mass is 32.2. The quantitative estimate of drug-likeness (QED) is 0.482. The maximum absolute atomic E-state index is 12.3. The van der Waals surface area contributed by atoms with Gasteiger partial charge in [-0.3, -0.25) is 4.79 Å². The van der Waals surface area contributed by atoms with E-state index in [9.17, 15) is 13.2 Å². The van der Waals surface area contributed by atoms with Gasteiger partial charge in [0.25, 0.3) is 0 Å². The van der Waals surface area contributed by atoms with E-state index in [4.69, 9.17) is 10.5 Å². The van der Waals surface area contributed by atoms with Crippen molar-refractivity contribution in [2.75, 3.05) is 32.5 Å². The van der Waals surface area contributed by atoms with E-state index in [0.29, 0.717) is 30.0 Å². The SMILES string of the molecule is COCCNC(=O)CNS(=O)(=O)c1c(C)ccc(N)c1C. The van der Waals surface area contributed by atoms with E-state index in [0.717, 1.165) is 0 Å². The molecule has 0 saturated carbocycles. The third-order valence-electron chi connectivity index (χ3n) is 2.96. The molecule has 0 fully saturated rings. The maximum atomic E-state index is 12.3. The van der Waals surface area contributed by atoms with E-state index in [-0.39, 0.29) is 11.4 Å². The average Bonchev–Trinajstić information content (AvgIpc) is 2.41. The number of rotatable bonds is 7. The number of methoxy groups -OCH3 is 1. The van der Waals surface area contributed by atoms with Crippen molar-refractivity contribution in [3.05, 3.63) is 23.3 Å². The van der Waals surface area contributed by atoms with Crippen LogP contribution in [0, 0.1) is 13.8 Å². The average molecular weight is 315 g/mol. The molecule has 1 amide bonds. The van der Waals surface area contributed by atoms with Gasteiger partial charge in [0.1, 0.15) is 0 Å². The lowest BCUT2D eigenvalue weighted by atomic mass is 10.1. The van der Waals surface area contributed by atoms with Crippen molar-refractivity contribution in [3.8, 4) is 0 Å². The summed E-state index contributed by atoms with van der Waals surface area (Å²) < 4.78 is 31.6. The summed E-state index contributed by atoms with van der Waals surface area (Å²) in [6.07, 6.45) is 0. The van der Waals surface area contributed by atoms with E-state index in [1.807, 2.05) is 0 Å². The van der Waals surface area contributed by atoms with Crippen molar-refractivity contribution in [1.29, 1.82) is 0 Å². The van der Waals surface area contributed by atoms with Gasteiger partial charge in [0.2, 0.25) is 15.9 Å². The number of nitrogen functional groups attached to an aromatic ring is 1. The summed E-state index contributed by atoms with van der Waals surface area (Å²) in [5.74, 6) is -0.421. The van der Waals surface area contributed by atoms with E-state index >= 15 is 0 Å². The molecule has 0 aliphatic heterocycles. The minimum atomic E-state index is -3.79. The second kappa shape index (κ2) is 7.39. The number of amides is 1. The van der Waals surface area contributed by atoms with Crippen LogP contribution in [-0.2, 0) is 19.6 Å². The Labute approximate surface area is 124 Å². The van der Waals surface area contributed by atoms with Crippen molar-refractivity contribution in [2.24, 2.45) is 0 Å². The second-order valence-electron chi connectivity index (χ2n) is 4.59. The number of aryl methyl sites for hydroxylation is 1. The van der Waals surface area contributed by atoms with Gasteiger partial charge in [0, 0.05) is 19.3 Å². The van der Waals surface area contributed by atoms with Crippen LogP contribution in [0.1, 0.15) is 11.1 Å². The van der Waals surface area contributed by atoms with Crippen molar-refractivity contribution < 1.29 is 17.9 Å². The molecule has 1 aromatic rings. The third kappa shape index (κ3) is 4.69. The molecule has 0 radical (unpaired) electrons. The number of ether oxygens (including phenoxy) is 1. The van der Waals surface area contributed by atoms with Gasteiger partial charge in [-0.05, 0) is 31.0 Å². The fourth-order valence-electron chi connectivity index (χ4n) is 1.84. The van der Waals surface area contributed by atoms with Crippen LogP contribution in [0.25, 0.3) is 0 Å². The molecule has 0 bridgehead atoms. The normalized spacial score (nSPS) is 11.4.